The SMILES string of the molecule is CC(=O)NC(C(=O)Nc1ccc(C)c(S(=O)(=O)Nc2ccc(Br)cc2)c1)C(C)C. The molecule has 2 rings (SSSR count). The maximum atomic E-state index is 12.8. The van der Waals surface area contributed by atoms with Crippen molar-refractivity contribution in [1.29, 1.82) is 0 Å². The van der Waals surface area contributed by atoms with Gasteiger partial charge >= 0.3 is 0 Å². The fourth-order valence-corrected chi connectivity index (χ4v) is 4.26. The molecule has 2 amide bonds. The van der Waals surface area contributed by atoms with Gasteiger partial charge in [-0.3, -0.25) is 14.3 Å². The van der Waals surface area contributed by atoms with Gasteiger partial charge in [0, 0.05) is 22.8 Å². The highest BCUT2D eigenvalue weighted by Gasteiger charge is 2.24. The van der Waals surface area contributed by atoms with Gasteiger partial charge in [-0.25, -0.2) is 8.42 Å². The molecule has 7 nitrogen and oxygen atoms in total. The standard InChI is InChI=1S/C20H24BrN3O4S/c1-12(2)19(22-14(4)25)20(26)23-17-8-5-13(3)18(11-17)29(27,28)24-16-9-6-15(21)7-10-16/h5-12,19,24H,1-4H3,(H,22,25)(H,23,26). The van der Waals surface area contributed by atoms with Crippen LogP contribution in [0, 0.1) is 12.8 Å². The number of sulfonamides is 1. The Morgan fingerprint density at radius 2 is 1.59 bits per heavy atom. The van der Waals surface area contributed by atoms with Gasteiger partial charge in [-0.05, 0) is 54.8 Å². The van der Waals surface area contributed by atoms with Crippen molar-refractivity contribution >= 4 is 49.1 Å². The van der Waals surface area contributed by atoms with Crippen LogP contribution in [0.4, 0.5) is 11.4 Å². The Bertz CT molecular complexity index is 1000. The fraction of sp³-hybridized carbons (Fsp3) is 0.300. The van der Waals surface area contributed by atoms with Gasteiger partial charge < -0.3 is 10.6 Å². The van der Waals surface area contributed by atoms with E-state index >= 15 is 0 Å². The molecule has 0 aliphatic rings. The van der Waals surface area contributed by atoms with Gasteiger partial charge in [-0.1, -0.05) is 35.8 Å². The number of carbonyl (C=O) groups is 2. The minimum Gasteiger partial charge on any atom is -0.344 e. The monoisotopic (exact) mass is 481 g/mol. The van der Waals surface area contributed by atoms with E-state index in [2.05, 4.69) is 31.3 Å². The molecule has 2 aromatic carbocycles. The normalized spacial score (nSPS) is 12.3. The van der Waals surface area contributed by atoms with E-state index in [4.69, 9.17) is 0 Å². The predicted molar refractivity (Wildman–Crippen MR) is 117 cm³/mol. The van der Waals surface area contributed by atoms with Crippen molar-refractivity contribution in [1.82, 2.24) is 5.32 Å². The summed E-state index contributed by atoms with van der Waals surface area (Å²) in [6, 6.07) is 10.7. The summed E-state index contributed by atoms with van der Waals surface area (Å²) in [6.07, 6.45) is 0. The van der Waals surface area contributed by atoms with Crippen LogP contribution in [-0.2, 0) is 19.6 Å². The van der Waals surface area contributed by atoms with Crippen LogP contribution in [0.3, 0.4) is 0 Å². The maximum absolute atomic E-state index is 12.8. The third-order valence-corrected chi connectivity index (χ3v) is 6.20. The van der Waals surface area contributed by atoms with E-state index in [0.29, 0.717) is 16.9 Å². The third-order valence-electron chi connectivity index (χ3n) is 4.15. The summed E-state index contributed by atoms with van der Waals surface area (Å²) in [4.78, 5) is 24.0. The first-order valence-electron chi connectivity index (χ1n) is 8.96. The minimum atomic E-state index is -3.86. The molecule has 0 aromatic heterocycles. The Morgan fingerprint density at radius 3 is 2.14 bits per heavy atom. The van der Waals surface area contributed by atoms with Gasteiger partial charge in [0.05, 0.1) is 4.90 Å². The second-order valence-electron chi connectivity index (χ2n) is 7.00. The van der Waals surface area contributed by atoms with Gasteiger partial charge in [-0.2, -0.15) is 0 Å². The Morgan fingerprint density at radius 1 is 1.00 bits per heavy atom. The van der Waals surface area contributed by atoms with Crippen LogP contribution in [0.25, 0.3) is 0 Å². The Kier molecular flexibility index (Phi) is 7.43. The smallest absolute Gasteiger partial charge is 0.262 e. The summed E-state index contributed by atoms with van der Waals surface area (Å²) in [6.45, 7) is 6.64. The molecule has 2 aromatic rings. The number of nitrogens with one attached hydrogen (secondary N) is 3. The predicted octanol–water partition coefficient (Wildman–Crippen LogP) is 3.66. The molecule has 0 saturated carbocycles. The Labute approximate surface area is 179 Å². The molecule has 3 N–H and O–H groups in total. The second-order valence-corrected chi connectivity index (χ2v) is 9.57. The van der Waals surface area contributed by atoms with Gasteiger partial charge in [0.1, 0.15) is 6.04 Å². The summed E-state index contributed by atoms with van der Waals surface area (Å²) in [5.41, 5.74) is 1.29. The number of halogens is 1. The van der Waals surface area contributed by atoms with Crippen molar-refractivity contribution in [2.75, 3.05) is 10.0 Å². The maximum Gasteiger partial charge on any atom is 0.262 e. The van der Waals surface area contributed by atoms with Crippen molar-refractivity contribution in [2.24, 2.45) is 5.92 Å². The molecule has 0 fully saturated rings. The van der Waals surface area contributed by atoms with Crippen LogP contribution in [-0.4, -0.2) is 26.3 Å². The summed E-state index contributed by atoms with van der Waals surface area (Å²) in [5.74, 6) is -0.861. The Hall–Kier alpha value is -2.39. The molecule has 0 heterocycles. The lowest BCUT2D eigenvalue weighted by atomic mass is 10.0. The molecule has 0 radical (unpaired) electrons. The Balaban J connectivity index is 2.27. The average Bonchev–Trinajstić information content (AvgIpc) is 2.62. The zero-order valence-corrected chi connectivity index (χ0v) is 19.0. The molecule has 0 saturated heterocycles. The first kappa shape index (κ1) is 22.9. The molecular formula is C20H24BrN3O4S. The molecular weight excluding hydrogens is 458 g/mol. The van der Waals surface area contributed by atoms with Gasteiger partial charge in [0.25, 0.3) is 10.0 Å². The molecule has 29 heavy (non-hydrogen) atoms. The van der Waals surface area contributed by atoms with E-state index in [1.54, 1.807) is 43.3 Å². The lowest BCUT2D eigenvalue weighted by Crippen LogP contribution is -2.46. The molecule has 0 aliphatic heterocycles. The van der Waals surface area contributed by atoms with Crippen LogP contribution in [0.2, 0.25) is 0 Å². The number of rotatable bonds is 7. The van der Waals surface area contributed by atoms with E-state index in [-0.39, 0.29) is 16.7 Å². The van der Waals surface area contributed by atoms with E-state index < -0.39 is 22.0 Å². The second kappa shape index (κ2) is 9.41. The zero-order chi connectivity index (χ0) is 21.8. The molecule has 0 spiro atoms. The highest BCUT2D eigenvalue weighted by Crippen LogP contribution is 2.24. The summed E-state index contributed by atoms with van der Waals surface area (Å²) >= 11 is 3.31. The van der Waals surface area contributed by atoms with Gasteiger partial charge in [-0.15, -0.1) is 0 Å². The molecule has 0 aliphatic carbocycles. The largest absolute Gasteiger partial charge is 0.344 e. The molecule has 156 valence electrons. The summed E-state index contributed by atoms with van der Waals surface area (Å²) in [5, 5.41) is 5.30. The van der Waals surface area contributed by atoms with Crippen molar-refractivity contribution in [3.8, 4) is 0 Å². The van der Waals surface area contributed by atoms with E-state index in [1.165, 1.54) is 13.0 Å². The van der Waals surface area contributed by atoms with Crippen LogP contribution >= 0.6 is 15.9 Å². The van der Waals surface area contributed by atoms with Gasteiger partial charge in [0.2, 0.25) is 11.8 Å². The fourth-order valence-electron chi connectivity index (χ4n) is 2.67. The first-order valence-corrected chi connectivity index (χ1v) is 11.2. The highest BCUT2D eigenvalue weighted by molar-refractivity contribution is 9.10. The number of benzene rings is 2. The number of amides is 2. The molecule has 1 unspecified atom stereocenters. The quantitative estimate of drug-likeness (QED) is 0.560. The highest BCUT2D eigenvalue weighted by atomic mass is 79.9. The van der Waals surface area contributed by atoms with E-state index in [9.17, 15) is 18.0 Å². The van der Waals surface area contributed by atoms with Gasteiger partial charge in [0.15, 0.2) is 0 Å². The third kappa shape index (κ3) is 6.30. The first-order chi connectivity index (χ1) is 13.5. The van der Waals surface area contributed by atoms with Crippen LogP contribution in [0.5, 0.6) is 0 Å². The average molecular weight is 482 g/mol. The van der Waals surface area contributed by atoms with Crippen molar-refractivity contribution in [3.63, 3.8) is 0 Å². The topological polar surface area (TPSA) is 104 Å². The zero-order valence-electron chi connectivity index (χ0n) is 16.6. The lowest BCUT2D eigenvalue weighted by molar-refractivity contribution is -0.126. The number of hydrogen-bond acceptors (Lipinski definition) is 4. The number of carbonyl (C=O) groups excluding carboxylic acids is 2. The van der Waals surface area contributed by atoms with Crippen molar-refractivity contribution in [3.05, 3.63) is 52.5 Å². The van der Waals surface area contributed by atoms with E-state index in [0.717, 1.165) is 4.47 Å². The summed E-state index contributed by atoms with van der Waals surface area (Å²) < 4.78 is 29.0. The molecule has 1 atom stereocenters. The van der Waals surface area contributed by atoms with Crippen LogP contribution < -0.4 is 15.4 Å². The minimum absolute atomic E-state index is 0.0545. The lowest BCUT2D eigenvalue weighted by Gasteiger charge is -2.21. The number of anilines is 2. The molecule has 0 bridgehead atoms. The van der Waals surface area contributed by atoms with E-state index in [1.807, 2.05) is 13.8 Å². The summed E-state index contributed by atoms with van der Waals surface area (Å²) in [7, 11) is -3.86. The number of aryl methyl sites for hydroxylation is 1. The van der Waals surface area contributed by atoms with Crippen LogP contribution in [0.1, 0.15) is 26.3 Å². The van der Waals surface area contributed by atoms with Crippen LogP contribution in [0.15, 0.2) is 51.8 Å². The van der Waals surface area contributed by atoms with Crippen molar-refractivity contribution < 1.29 is 18.0 Å². The molecule has 9 heteroatoms. The van der Waals surface area contributed by atoms with Crippen molar-refractivity contribution in [2.45, 2.75) is 38.6 Å². The number of hydrogen-bond donors (Lipinski definition) is 3.